The van der Waals surface area contributed by atoms with Crippen LogP contribution < -0.4 is 4.74 Å². The average molecular weight is 305 g/mol. The maximum atomic E-state index is 5.88. The summed E-state index contributed by atoms with van der Waals surface area (Å²) in [6.45, 7) is 6.89. The number of aryl methyl sites for hydroxylation is 3. The minimum Gasteiger partial charge on any atom is -0.489 e. The molecule has 0 fully saturated rings. The molecule has 2 aromatic rings. The van der Waals surface area contributed by atoms with Gasteiger partial charge in [-0.3, -0.25) is 0 Å². The van der Waals surface area contributed by atoms with E-state index in [4.69, 9.17) is 4.74 Å². The number of hydrogen-bond acceptors (Lipinski definition) is 1. The van der Waals surface area contributed by atoms with Crippen molar-refractivity contribution in [3.05, 3.63) is 63.1 Å². The van der Waals surface area contributed by atoms with Gasteiger partial charge in [0.2, 0.25) is 0 Å². The molecule has 0 amide bonds. The normalized spacial score (nSPS) is 10.4. The standard InChI is InChI=1S/C16H17BrO/c1-11-6-12(2)8-14(7-11)10-18-16-9-15(17)5-4-13(16)3/h4-9H,10H2,1-3H3. The van der Waals surface area contributed by atoms with Gasteiger partial charge in [-0.05, 0) is 44.0 Å². The zero-order valence-electron chi connectivity index (χ0n) is 11.0. The first-order valence-corrected chi connectivity index (χ1v) is 6.80. The Labute approximate surface area is 117 Å². The highest BCUT2D eigenvalue weighted by Crippen LogP contribution is 2.24. The van der Waals surface area contributed by atoms with Crippen molar-refractivity contribution in [1.29, 1.82) is 0 Å². The first-order valence-electron chi connectivity index (χ1n) is 6.01. The summed E-state index contributed by atoms with van der Waals surface area (Å²) in [5, 5.41) is 0. The fourth-order valence-electron chi connectivity index (χ4n) is 2.04. The summed E-state index contributed by atoms with van der Waals surface area (Å²) in [7, 11) is 0. The minimum absolute atomic E-state index is 0.611. The highest BCUT2D eigenvalue weighted by Gasteiger charge is 2.02. The van der Waals surface area contributed by atoms with Gasteiger partial charge in [-0.1, -0.05) is 51.3 Å². The summed E-state index contributed by atoms with van der Waals surface area (Å²) >= 11 is 3.47. The second kappa shape index (κ2) is 5.57. The molecule has 0 saturated heterocycles. The molecule has 0 aliphatic heterocycles. The zero-order chi connectivity index (χ0) is 13.1. The Morgan fingerprint density at radius 1 is 0.944 bits per heavy atom. The number of halogens is 1. The molecule has 0 aliphatic rings. The maximum Gasteiger partial charge on any atom is 0.123 e. The van der Waals surface area contributed by atoms with Gasteiger partial charge in [0, 0.05) is 4.47 Å². The van der Waals surface area contributed by atoms with Crippen LogP contribution in [0.15, 0.2) is 40.9 Å². The van der Waals surface area contributed by atoms with E-state index in [0.717, 1.165) is 15.8 Å². The summed E-state index contributed by atoms with van der Waals surface area (Å²) in [6.07, 6.45) is 0. The van der Waals surface area contributed by atoms with E-state index in [1.165, 1.54) is 16.7 Å². The van der Waals surface area contributed by atoms with E-state index in [-0.39, 0.29) is 0 Å². The summed E-state index contributed by atoms with van der Waals surface area (Å²) < 4.78 is 6.93. The molecular weight excluding hydrogens is 288 g/mol. The van der Waals surface area contributed by atoms with E-state index >= 15 is 0 Å². The van der Waals surface area contributed by atoms with Crippen LogP contribution >= 0.6 is 15.9 Å². The van der Waals surface area contributed by atoms with Crippen molar-refractivity contribution in [2.24, 2.45) is 0 Å². The molecule has 0 saturated carbocycles. The molecule has 0 heterocycles. The van der Waals surface area contributed by atoms with Gasteiger partial charge in [0.15, 0.2) is 0 Å². The van der Waals surface area contributed by atoms with Crippen LogP contribution in [-0.4, -0.2) is 0 Å². The van der Waals surface area contributed by atoms with Gasteiger partial charge in [0.1, 0.15) is 12.4 Å². The van der Waals surface area contributed by atoms with Crippen molar-refractivity contribution < 1.29 is 4.74 Å². The summed E-state index contributed by atoms with van der Waals surface area (Å²) in [5.41, 5.74) is 4.92. The number of benzene rings is 2. The Hall–Kier alpha value is -1.28. The molecule has 1 nitrogen and oxygen atoms in total. The van der Waals surface area contributed by atoms with Crippen LogP contribution in [0.3, 0.4) is 0 Å². The lowest BCUT2D eigenvalue weighted by Crippen LogP contribution is -1.98. The lowest BCUT2D eigenvalue weighted by Gasteiger charge is -2.10. The van der Waals surface area contributed by atoms with Crippen molar-refractivity contribution in [2.75, 3.05) is 0 Å². The van der Waals surface area contributed by atoms with Crippen molar-refractivity contribution in [3.8, 4) is 5.75 Å². The van der Waals surface area contributed by atoms with Crippen molar-refractivity contribution in [1.82, 2.24) is 0 Å². The highest BCUT2D eigenvalue weighted by molar-refractivity contribution is 9.10. The molecule has 2 heteroatoms. The molecule has 2 rings (SSSR count). The molecule has 0 aliphatic carbocycles. The molecular formula is C16H17BrO. The molecule has 0 N–H and O–H groups in total. The molecule has 0 aromatic heterocycles. The van der Waals surface area contributed by atoms with Crippen molar-refractivity contribution in [2.45, 2.75) is 27.4 Å². The molecule has 2 aromatic carbocycles. The second-order valence-corrected chi connectivity index (χ2v) is 5.61. The molecule has 0 spiro atoms. The molecule has 94 valence electrons. The largest absolute Gasteiger partial charge is 0.489 e. The van der Waals surface area contributed by atoms with Crippen molar-refractivity contribution >= 4 is 15.9 Å². The van der Waals surface area contributed by atoms with Crippen LogP contribution in [0.5, 0.6) is 5.75 Å². The minimum atomic E-state index is 0.611. The van der Waals surface area contributed by atoms with Crippen molar-refractivity contribution in [3.63, 3.8) is 0 Å². The Morgan fingerprint density at radius 3 is 2.28 bits per heavy atom. The Bertz CT molecular complexity index is 541. The number of ether oxygens (including phenoxy) is 1. The van der Waals surface area contributed by atoms with Crippen LogP contribution in [0.1, 0.15) is 22.3 Å². The molecule has 0 radical (unpaired) electrons. The van der Waals surface area contributed by atoms with E-state index in [2.05, 4.69) is 61.0 Å². The third kappa shape index (κ3) is 3.36. The Balaban J connectivity index is 2.13. The van der Waals surface area contributed by atoms with E-state index in [1.54, 1.807) is 0 Å². The summed E-state index contributed by atoms with van der Waals surface area (Å²) in [5.74, 6) is 0.934. The first kappa shape index (κ1) is 13.2. The maximum absolute atomic E-state index is 5.88. The van der Waals surface area contributed by atoms with Gasteiger partial charge in [0.25, 0.3) is 0 Å². The van der Waals surface area contributed by atoms with Crippen LogP contribution in [0.4, 0.5) is 0 Å². The SMILES string of the molecule is Cc1cc(C)cc(COc2cc(Br)ccc2C)c1. The van der Waals surface area contributed by atoms with Gasteiger partial charge in [-0.25, -0.2) is 0 Å². The quantitative estimate of drug-likeness (QED) is 0.779. The van der Waals surface area contributed by atoms with E-state index in [9.17, 15) is 0 Å². The van der Waals surface area contributed by atoms with Crippen LogP contribution in [0, 0.1) is 20.8 Å². The van der Waals surface area contributed by atoms with Gasteiger partial charge in [-0.15, -0.1) is 0 Å². The fourth-order valence-corrected chi connectivity index (χ4v) is 2.38. The Kier molecular flexibility index (Phi) is 4.07. The third-order valence-electron chi connectivity index (χ3n) is 2.83. The first-order chi connectivity index (χ1) is 8.54. The number of rotatable bonds is 3. The molecule has 0 bridgehead atoms. The van der Waals surface area contributed by atoms with E-state index < -0.39 is 0 Å². The summed E-state index contributed by atoms with van der Waals surface area (Å²) in [4.78, 5) is 0. The molecule has 0 atom stereocenters. The highest BCUT2D eigenvalue weighted by atomic mass is 79.9. The van der Waals surface area contributed by atoms with E-state index in [0.29, 0.717) is 6.61 Å². The predicted octanol–water partition coefficient (Wildman–Crippen LogP) is 4.95. The smallest absolute Gasteiger partial charge is 0.123 e. The van der Waals surface area contributed by atoms with Gasteiger partial charge in [0.05, 0.1) is 0 Å². The van der Waals surface area contributed by atoms with E-state index in [1.807, 2.05) is 12.1 Å². The number of hydrogen-bond donors (Lipinski definition) is 0. The van der Waals surface area contributed by atoms with Gasteiger partial charge in [-0.2, -0.15) is 0 Å². The molecule has 18 heavy (non-hydrogen) atoms. The predicted molar refractivity (Wildman–Crippen MR) is 79.1 cm³/mol. The zero-order valence-corrected chi connectivity index (χ0v) is 12.5. The third-order valence-corrected chi connectivity index (χ3v) is 3.32. The molecule has 0 unspecified atom stereocenters. The Morgan fingerprint density at radius 2 is 1.61 bits per heavy atom. The monoisotopic (exact) mass is 304 g/mol. The van der Waals surface area contributed by atoms with Gasteiger partial charge >= 0.3 is 0 Å². The lowest BCUT2D eigenvalue weighted by molar-refractivity contribution is 0.304. The van der Waals surface area contributed by atoms with Crippen LogP contribution in [0.25, 0.3) is 0 Å². The lowest BCUT2D eigenvalue weighted by atomic mass is 10.1. The van der Waals surface area contributed by atoms with Crippen LogP contribution in [0.2, 0.25) is 0 Å². The second-order valence-electron chi connectivity index (χ2n) is 4.69. The fraction of sp³-hybridized carbons (Fsp3) is 0.250. The van der Waals surface area contributed by atoms with Gasteiger partial charge < -0.3 is 4.74 Å². The average Bonchev–Trinajstić information content (AvgIpc) is 2.29. The topological polar surface area (TPSA) is 9.23 Å². The summed E-state index contributed by atoms with van der Waals surface area (Å²) in [6, 6.07) is 12.6. The van der Waals surface area contributed by atoms with Crippen LogP contribution in [-0.2, 0) is 6.61 Å².